The molecule has 1 N–H and O–H groups in total. The summed E-state index contributed by atoms with van der Waals surface area (Å²) < 4.78 is 101. The van der Waals surface area contributed by atoms with Crippen LogP contribution in [0, 0.1) is 6.92 Å². The van der Waals surface area contributed by atoms with Crippen molar-refractivity contribution in [3.05, 3.63) is 29.8 Å². The van der Waals surface area contributed by atoms with Gasteiger partial charge in [0.1, 0.15) is 0 Å². The minimum atomic E-state index is 0. The third kappa shape index (κ3) is 46.3. The van der Waals surface area contributed by atoms with Crippen molar-refractivity contribution >= 4 is 5.69 Å². The molecule has 1 aromatic carbocycles. The number of nitrogens with one attached hydrogen (secondary N) is 1. The molecule has 0 aromatic heterocycles. The van der Waals surface area contributed by atoms with Gasteiger partial charge in [-0.3, -0.25) is 4.70 Å². The molecule has 0 heterocycles. The van der Waals surface area contributed by atoms with E-state index in [1.54, 1.807) is 7.11 Å². The topological polar surface area (TPSA) is 21.3 Å². The summed E-state index contributed by atoms with van der Waals surface area (Å²) in [5.74, 6) is 0. The number of hydrogen-bond acceptors (Lipinski definition) is 2. The maximum atomic E-state index is 8.00. The Kier molecular flexibility index (Phi) is 99.9. The summed E-state index contributed by atoms with van der Waals surface area (Å²) in [4.78, 5) is 0. The van der Waals surface area contributed by atoms with E-state index in [-0.39, 0.29) is 4.70 Å². The standard InChI is InChI=1S/C14H23NO.6F2.FH/c1-13-9-5-6-10-14(13)15-11-7-3-4-8-12-16-2;6*1-2;/h5-6,9-10,15H,3-4,7-8,11-12H2,1-2H3;;;;;;;1H. The molecule has 0 aliphatic carbocycles. The van der Waals surface area contributed by atoms with E-state index in [0.29, 0.717) is 0 Å². The summed E-state index contributed by atoms with van der Waals surface area (Å²) in [5.41, 5.74) is 2.58. The number of anilines is 1. The molecular formula is C14H24F13NO. The van der Waals surface area contributed by atoms with Gasteiger partial charge in [0.2, 0.25) is 0 Å². The molecule has 0 atom stereocenters. The summed E-state index contributed by atoms with van der Waals surface area (Å²) in [7, 11) is 1.76. The molecule has 0 spiro atoms. The second-order valence-corrected chi connectivity index (χ2v) is 4.15. The molecule has 2 nitrogen and oxygen atoms in total. The fourth-order valence-electron chi connectivity index (χ4n) is 1.72. The lowest BCUT2D eigenvalue weighted by Crippen LogP contribution is -2.02. The van der Waals surface area contributed by atoms with E-state index >= 15 is 0 Å². The van der Waals surface area contributed by atoms with Crippen LogP contribution in [-0.2, 0) is 4.74 Å². The van der Waals surface area contributed by atoms with Crippen LogP contribution < -0.4 is 5.32 Å². The Morgan fingerprint density at radius 1 is 0.690 bits per heavy atom. The number of unbranched alkanes of at least 4 members (excludes halogenated alkanes) is 3. The summed E-state index contributed by atoms with van der Waals surface area (Å²) >= 11 is 0. The summed E-state index contributed by atoms with van der Waals surface area (Å²) in [6, 6.07) is 8.43. The van der Waals surface area contributed by atoms with E-state index < -0.39 is 0 Å². The molecule has 0 aliphatic rings. The zero-order valence-electron chi connectivity index (χ0n) is 15.4. The molecule has 0 amide bonds. The molecule has 182 valence electrons. The van der Waals surface area contributed by atoms with Crippen molar-refractivity contribution in [2.75, 3.05) is 25.6 Å². The smallest absolute Gasteiger partial charge is 0.0462 e. The number of aryl methyl sites for hydroxylation is 1. The van der Waals surface area contributed by atoms with Crippen molar-refractivity contribution in [2.24, 2.45) is 0 Å². The molecule has 0 aliphatic heterocycles. The Balaban J connectivity index is -0.0000000639. The zero-order valence-corrected chi connectivity index (χ0v) is 15.4. The van der Waals surface area contributed by atoms with Crippen LogP contribution in [0.2, 0.25) is 0 Å². The Morgan fingerprint density at radius 2 is 1.10 bits per heavy atom. The molecule has 0 bridgehead atoms. The molecule has 15 heteroatoms. The molecule has 0 radical (unpaired) electrons. The molecule has 1 rings (SSSR count). The molecule has 0 saturated heterocycles. The normalized spacial score (nSPS) is 6.97. The highest BCUT2D eigenvalue weighted by atomic mass is 20.0. The van der Waals surface area contributed by atoms with Crippen LogP contribution in [0.1, 0.15) is 31.2 Å². The summed E-state index contributed by atoms with van der Waals surface area (Å²) in [6.07, 6.45) is 4.96. The van der Waals surface area contributed by atoms with Crippen LogP contribution >= 0.6 is 0 Å². The van der Waals surface area contributed by atoms with E-state index in [2.05, 4.69) is 36.5 Å². The fourth-order valence-corrected chi connectivity index (χ4v) is 1.72. The number of para-hydroxylation sites is 1. The summed E-state index contributed by atoms with van der Waals surface area (Å²) in [5, 5.41) is 3.47. The van der Waals surface area contributed by atoms with Gasteiger partial charge in [0.15, 0.2) is 0 Å². The van der Waals surface area contributed by atoms with Crippen molar-refractivity contribution in [3.63, 3.8) is 0 Å². The predicted octanol–water partition coefficient (Wildman–Crippen LogP) is 8.81. The van der Waals surface area contributed by atoms with Gasteiger partial charge >= 0.3 is 0 Å². The maximum Gasteiger partial charge on any atom is 0.0462 e. The van der Waals surface area contributed by atoms with Crippen LogP contribution in [0.5, 0.6) is 0 Å². The molecule has 0 unspecified atom stereocenters. The van der Waals surface area contributed by atoms with Crippen LogP contribution in [0.4, 0.5) is 65.3 Å². The lowest BCUT2D eigenvalue weighted by Gasteiger charge is -2.08. The molecule has 0 saturated carbocycles. The first-order valence-corrected chi connectivity index (χ1v) is 6.98. The first kappa shape index (κ1) is 45.7. The fraction of sp³-hybridized carbons (Fsp3) is 0.571. The highest BCUT2D eigenvalue weighted by Crippen LogP contribution is 2.13. The van der Waals surface area contributed by atoms with Gasteiger partial charge in [-0.25, -0.2) is 0 Å². The average Bonchev–Trinajstić information content (AvgIpc) is 2.82. The van der Waals surface area contributed by atoms with Crippen LogP contribution in [0.3, 0.4) is 0 Å². The highest BCUT2D eigenvalue weighted by molar-refractivity contribution is 5.49. The monoisotopic (exact) mass is 469 g/mol. The van der Waals surface area contributed by atoms with E-state index in [4.69, 9.17) is 59.6 Å². The van der Waals surface area contributed by atoms with Crippen LogP contribution in [-0.4, -0.2) is 20.3 Å². The number of halogens is 13. The number of hydrogen-bond donors (Lipinski definition) is 1. The van der Waals surface area contributed by atoms with Crippen molar-refractivity contribution in [3.8, 4) is 0 Å². The van der Waals surface area contributed by atoms with Crippen molar-refractivity contribution in [1.29, 1.82) is 0 Å². The number of benzene rings is 1. The SMILES string of the molecule is COCCCCCCNc1ccccc1C.F.FF.FF.FF.FF.FF.FF. The van der Waals surface area contributed by atoms with Crippen molar-refractivity contribution in [1.82, 2.24) is 0 Å². The van der Waals surface area contributed by atoms with Crippen molar-refractivity contribution in [2.45, 2.75) is 32.6 Å². The number of methoxy groups -OCH3 is 1. The quantitative estimate of drug-likeness (QED) is 0.303. The zero-order chi connectivity index (χ0) is 23.6. The number of ether oxygens (including phenoxy) is 1. The van der Waals surface area contributed by atoms with Crippen LogP contribution in [0.15, 0.2) is 24.3 Å². The Morgan fingerprint density at radius 3 is 1.52 bits per heavy atom. The lowest BCUT2D eigenvalue weighted by molar-refractivity contribution is 0.108. The molecular weight excluding hydrogens is 445 g/mol. The van der Waals surface area contributed by atoms with Gasteiger partial charge in [-0.05, 0) is 31.4 Å². The molecule has 1 aromatic rings. The minimum Gasteiger partial charge on any atom is -0.385 e. The van der Waals surface area contributed by atoms with E-state index in [0.717, 1.165) is 13.2 Å². The first-order chi connectivity index (χ1) is 13.8. The third-order valence-electron chi connectivity index (χ3n) is 2.74. The van der Waals surface area contributed by atoms with Crippen molar-refractivity contribution < 1.29 is 64.3 Å². The Hall–Kier alpha value is -1.93. The maximum absolute atomic E-state index is 8.00. The number of rotatable bonds is 8. The van der Waals surface area contributed by atoms with Gasteiger partial charge in [0.25, 0.3) is 0 Å². The largest absolute Gasteiger partial charge is 0.385 e. The first-order valence-electron chi connectivity index (χ1n) is 6.98. The molecule has 0 fully saturated rings. The minimum absolute atomic E-state index is 0. The van der Waals surface area contributed by atoms with Gasteiger partial charge in [0.05, 0.1) is 0 Å². The molecule has 29 heavy (non-hydrogen) atoms. The Labute approximate surface area is 159 Å². The van der Waals surface area contributed by atoms with Gasteiger partial charge in [-0.1, -0.05) is 31.0 Å². The second-order valence-electron chi connectivity index (χ2n) is 4.15. The third-order valence-corrected chi connectivity index (χ3v) is 2.74. The lowest BCUT2D eigenvalue weighted by atomic mass is 10.2. The van der Waals surface area contributed by atoms with E-state index in [9.17, 15) is 0 Å². The van der Waals surface area contributed by atoms with Gasteiger partial charge in [-0.15, -0.1) is 0 Å². The van der Waals surface area contributed by atoms with Gasteiger partial charge in [0, 0.05) is 80.8 Å². The second kappa shape index (κ2) is 63.4. The van der Waals surface area contributed by atoms with E-state index in [1.807, 2.05) is 0 Å². The average molecular weight is 469 g/mol. The van der Waals surface area contributed by atoms with Gasteiger partial charge < -0.3 is 10.1 Å². The van der Waals surface area contributed by atoms with Crippen LogP contribution in [0.25, 0.3) is 0 Å². The predicted molar refractivity (Wildman–Crippen MR) is 85.8 cm³/mol. The Bertz CT molecular complexity index is 315. The van der Waals surface area contributed by atoms with Gasteiger partial charge in [-0.2, -0.15) is 0 Å². The van der Waals surface area contributed by atoms with E-state index in [1.165, 1.54) is 36.9 Å². The summed E-state index contributed by atoms with van der Waals surface area (Å²) in [6.45, 7) is 4.10. The highest BCUT2D eigenvalue weighted by Gasteiger charge is 1.95.